The van der Waals surface area contributed by atoms with Crippen LogP contribution in [0.15, 0.2) is 29.2 Å². The zero-order valence-electron chi connectivity index (χ0n) is 13.4. The molecule has 0 saturated carbocycles. The second-order valence-corrected chi connectivity index (χ2v) is 6.79. The van der Waals surface area contributed by atoms with Gasteiger partial charge in [0, 0.05) is 6.04 Å². The summed E-state index contributed by atoms with van der Waals surface area (Å²) in [5.41, 5.74) is 0. The second-order valence-electron chi connectivity index (χ2n) is 5.08. The Kier molecular flexibility index (Phi) is 6.83. The monoisotopic (exact) mass is 328 g/mol. The Hall–Kier alpha value is -1.60. The van der Waals surface area contributed by atoms with E-state index in [4.69, 9.17) is 4.74 Å². The molecule has 1 aromatic carbocycles. The number of hydrogen-bond acceptors (Lipinski definition) is 4. The maximum absolute atomic E-state index is 12.3. The summed E-state index contributed by atoms with van der Waals surface area (Å²) in [5, 5.41) is 2.79. The minimum absolute atomic E-state index is 0.00652. The molecular formula is C15H24N2O4S. The highest BCUT2D eigenvalue weighted by molar-refractivity contribution is 7.89. The van der Waals surface area contributed by atoms with Crippen molar-refractivity contribution in [3.63, 3.8) is 0 Å². The van der Waals surface area contributed by atoms with E-state index >= 15 is 0 Å². The Morgan fingerprint density at radius 2 is 1.77 bits per heavy atom. The van der Waals surface area contributed by atoms with Gasteiger partial charge in [-0.25, -0.2) is 8.42 Å². The van der Waals surface area contributed by atoms with E-state index in [0.717, 1.165) is 6.42 Å². The number of carbonyl (C=O) groups is 1. The zero-order valence-corrected chi connectivity index (χ0v) is 14.2. The standard InChI is InChI=1S/C15H24N2O4S/c1-5-11(3)16-15(18)14(6-2)17-22(19,20)13-9-7-12(21-4)8-10-13/h7-11,14,17H,5-6H2,1-4H3,(H,16,18). The van der Waals surface area contributed by atoms with Crippen molar-refractivity contribution in [3.8, 4) is 5.75 Å². The van der Waals surface area contributed by atoms with Gasteiger partial charge in [-0.05, 0) is 44.0 Å². The predicted molar refractivity (Wildman–Crippen MR) is 85.3 cm³/mol. The first-order valence-electron chi connectivity index (χ1n) is 7.30. The summed E-state index contributed by atoms with van der Waals surface area (Å²) < 4.78 is 32.1. The molecule has 1 amide bonds. The number of hydrogen-bond donors (Lipinski definition) is 2. The molecule has 0 saturated heterocycles. The predicted octanol–water partition coefficient (Wildman–Crippen LogP) is 1.67. The van der Waals surface area contributed by atoms with E-state index in [9.17, 15) is 13.2 Å². The minimum atomic E-state index is -3.75. The number of ether oxygens (including phenoxy) is 1. The quantitative estimate of drug-likeness (QED) is 0.760. The molecule has 2 atom stereocenters. The largest absolute Gasteiger partial charge is 0.497 e. The first-order chi connectivity index (χ1) is 10.3. The summed E-state index contributed by atoms with van der Waals surface area (Å²) in [7, 11) is -2.24. The minimum Gasteiger partial charge on any atom is -0.497 e. The van der Waals surface area contributed by atoms with Crippen LogP contribution in [0.5, 0.6) is 5.75 Å². The van der Waals surface area contributed by atoms with Crippen molar-refractivity contribution < 1.29 is 17.9 Å². The molecule has 7 heteroatoms. The van der Waals surface area contributed by atoms with Gasteiger partial charge >= 0.3 is 0 Å². The molecule has 2 unspecified atom stereocenters. The molecule has 0 fully saturated rings. The van der Waals surface area contributed by atoms with Crippen LogP contribution in [0.25, 0.3) is 0 Å². The molecule has 0 bridgehead atoms. The van der Waals surface area contributed by atoms with Crippen LogP contribution in [0, 0.1) is 0 Å². The van der Waals surface area contributed by atoms with Gasteiger partial charge in [-0.2, -0.15) is 4.72 Å². The first kappa shape index (κ1) is 18.4. The van der Waals surface area contributed by atoms with E-state index in [1.165, 1.54) is 19.2 Å². The molecule has 0 heterocycles. The van der Waals surface area contributed by atoms with Gasteiger partial charge in [0.15, 0.2) is 0 Å². The van der Waals surface area contributed by atoms with Crippen molar-refractivity contribution in [2.24, 2.45) is 0 Å². The third-order valence-corrected chi connectivity index (χ3v) is 4.88. The van der Waals surface area contributed by atoms with Gasteiger partial charge in [-0.3, -0.25) is 4.79 Å². The third kappa shape index (κ3) is 4.99. The van der Waals surface area contributed by atoms with Crippen LogP contribution in [0.3, 0.4) is 0 Å². The molecule has 1 rings (SSSR count). The maximum atomic E-state index is 12.3. The highest BCUT2D eigenvalue weighted by Gasteiger charge is 2.24. The van der Waals surface area contributed by atoms with Crippen molar-refractivity contribution in [2.45, 2.75) is 50.6 Å². The maximum Gasteiger partial charge on any atom is 0.241 e. The molecule has 124 valence electrons. The highest BCUT2D eigenvalue weighted by atomic mass is 32.2. The van der Waals surface area contributed by atoms with E-state index < -0.39 is 16.1 Å². The van der Waals surface area contributed by atoms with Crippen molar-refractivity contribution in [1.29, 1.82) is 0 Å². The second kappa shape index (κ2) is 8.14. The van der Waals surface area contributed by atoms with Gasteiger partial charge in [0.25, 0.3) is 0 Å². The van der Waals surface area contributed by atoms with Gasteiger partial charge in [0.2, 0.25) is 15.9 Å². The normalized spacial score (nSPS) is 14.2. The third-order valence-electron chi connectivity index (χ3n) is 3.39. The highest BCUT2D eigenvalue weighted by Crippen LogP contribution is 2.16. The summed E-state index contributed by atoms with van der Waals surface area (Å²) >= 11 is 0. The van der Waals surface area contributed by atoms with E-state index in [1.807, 2.05) is 13.8 Å². The van der Waals surface area contributed by atoms with Crippen molar-refractivity contribution >= 4 is 15.9 Å². The fourth-order valence-corrected chi connectivity index (χ4v) is 3.06. The molecule has 0 aliphatic heterocycles. The Bertz CT molecular complexity index is 584. The lowest BCUT2D eigenvalue weighted by molar-refractivity contribution is -0.123. The van der Waals surface area contributed by atoms with E-state index in [2.05, 4.69) is 10.0 Å². The number of amides is 1. The summed E-state index contributed by atoms with van der Waals surface area (Å²) in [6.45, 7) is 5.59. The van der Waals surface area contributed by atoms with Crippen molar-refractivity contribution in [1.82, 2.24) is 10.0 Å². The smallest absolute Gasteiger partial charge is 0.241 e. The molecule has 0 spiro atoms. The molecule has 1 aromatic rings. The molecule has 22 heavy (non-hydrogen) atoms. The summed E-state index contributed by atoms with van der Waals surface area (Å²) in [6, 6.07) is 5.23. The van der Waals surface area contributed by atoms with Crippen LogP contribution in [-0.2, 0) is 14.8 Å². The molecule has 6 nitrogen and oxygen atoms in total. The van der Waals surface area contributed by atoms with Gasteiger partial charge in [0.1, 0.15) is 11.8 Å². The van der Waals surface area contributed by atoms with Crippen molar-refractivity contribution in [3.05, 3.63) is 24.3 Å². The van der Waals surface area contributed by atoms with Crippen LogP contribution < -0.4 is 14.8 Å². The van der Waals surface area contributed by atoms with Crippen LogP contribution in [0.4, 0.5) is 0 Å². The number of rotatable bonds is 8. The average Bonchev–Trinajstić information content (AvgIpc) is 2.52. The van der Waals surface area contributed by atoms with E-state index in [0.29, 0.717) is 12.2 Å². The molecule has 0 aliphatic carbocycles. The number of methoxy groups -OCH3 is 1. The molecule has 0 aromatic heterocycles. The number of benzene rings is 1. The lowest BCUT2D eigenvalue weighted by Gasteiger charge is -2.19. The van der Waals surface area contributed by atoms with Crippen molar-refractivity contribution in [2.75, 3.05) is 7.11 Å². The van der Waals surface area contributed by atoms with E-state index in [-0.39, 0.29) is 16.8 Å². The van der Waals surface area contributed by atoms with Gasteiger partial charge in [-0.15, -0.1) is 0 Å². The zero-order chi connectivity index (χ0) is 16.8. The fraction of sp³-hybridized carbons (Fsp3) is 0.533. The fourth-order valence-electron chi connectivity index (χ4n) is 1.78. The van der Waals surface area contributed by atoms with Crippen LogP contribution in [-0.4, -0.2) is 33.5 Å². The van der Waals surface area contributed by atoms with E-state index in [1.54, 1.807) is 19.1 Å². The summed E-state index contributed by atoms with van der Waals surface area (Å²) in [6.07, 6.45) is 1.16. The van der Waals surface area contributed by atoms with Gasteiger partial charge in [0.05, 0.1) is 12.0 Å². The Morgan fingerprint density at radius 1 is 1.18 bits per heavy atom. The van der Waals surface area contributed by atoms with Crippen LogP contribution in [0.1, 0.15) is 33.6 Å². The first-order valence-corrected chi connectivity index (χ1v) is 8.79. The lowest BCUT2D eigenvalue weighted by Crippen LogP contribution is -2.48. The number of nitrogens with one attached hydrogen (secondary N) is 2. The summed E-state index contributed by atoms with van der Waals surface area (Å²) in [5.74, 6) is 0.259. The average molecular weight is 328 g/mol. The Morgan fingerprint density at radius 3 is 2.23 bits per heavy atom. The molecular weight excluding hydrogens is 304 g/mol. The van der Waals surface area contributed by atoms with Crippen LogP contribution >= 0.6 is 0 Å². The number of sulfonamides is 1. The Labute approximate surface area is 132 Å². The Balaban J connectivity index is 2.85. The SMILES string of the molecule is CCC(C)NC(=O)C(CC)NS(=O)(=O)c1ccc(OC)cc1. The molecule has 0 radical (unpaired) electrons. The van der Waals surface area contributed by atoms with Gasteiger partial charge < -0.3 is 10.1 Å². The topological polar surface area (TPSA) is 84.5 Å². The number of carbonyl (C=O) groups excluding carboxylic acids is 1. The molecule has 0 aliphatic rings. The van der Waals surface area contributed by atoms with Crippen LogP contribution in [0.2, 0.25) is 0 Å². The van der Waals surface area contributed by atoms with Gasteiger partial charge in [-0.1, -0.05) is 13.8 Å². The summed E-state index contributed by atoms with van der Waals surface area (Å²) in [4.78, 5) is 12.2. The molecule has 2 N–H and O–H groups in total. The lowest BCUT2D eigenvalue weighted by atomic mass is 10.2.